The SMILES string of the molecule is Cc1cc(-c2ccccc2)c(C(=O)Nc2ccc(Oc3cc4cn[nH]c4cc3NC(=O)OC(C)(C)C)c(F)c2)c(=O)[nH]1. The molecule has 0 saturated carbocycles. The molecule has 11 heteroatoms. The van der Waals surface area contributed by atoms with Gasteiger partial charge in [-0.15, -0.1) is 0 Å². The number of carbonyl (C=O) groups is 2. The minimum atomic E-state index is -0.788. The molecule has 5 rings (SSSR count). The van der Waals surface area contributed by atoms with Gasteiger partial charge < -0.3 is 19.8 Å². The Morgan fingerprint density at radius 1 is 0.952 bits per heavy atom. The van der Waals surface area contributed by atoms with Gasteiger partial charge in [-0.05, 0) is 63.6 Å². The predicted octanol–water partition coefficient (Wildman–Crippen LogP) is 6.76. The quantitative estimate of drug-likeness (QED) is 0.178. The van der Waals surface area contributed by atoms with Gasteiger partial charge in [0, 0.05) is 28.4 Å². The molecule has 0 radical (unpaired) electrons. The molecule has 2 amide bonds. The van der Waals surface area contributed by atoms with Gasteiger partial charge in [0.25, 0.3) is 11.5 Å². The highest BCUT2D eigenvalue weighted by atomic mass is 19.1. The zero-order valence-electron chi connectivity index (χ0n) is 23.3. The number of aryl methyl sites for hydroxylation is 1. The Morgan fingerprint density at radius 3 is 2.43 bits per heavy atom. The first kappa shape index (κ1) is 28.1. The summed E-state index contributed by atoms with van der Waals surface area (Å²) in [7, 11) is 0. The fourth-order valence-electron chi connectivity index (χ4n) is 4.30. The number of carbonyl (C=O) groups excluding carboxylic acids is 2. The summed E-state index contributed by atoms with van der Waals surface area (Å²) in [6, 6.07) is 17.8. The first-order valence-corrected chi connectivity index (χ1v) is 13.0. The van der Waals surface area contributed by atoms with Crippen LogP contribution in [0.25, 0.3) is 22.0 Å². The normalized spacial score (nSPS) is 11.3. The highest BCUT2D eigenvalue weighted by Crippen LogP contribution is 2.35. The molecule has 0 saturated heterocycles. The highest BCUT2D eigenvalue weighted by Gasteiger charge is 2.21. The monoisotopic (exact) mass is 569 g/mol. The summed E-state index contributed by atoms with van der Waals surface area (Å²) in [5, 5.41) is 12.7. The first-order chi connectivity index (χ1) is 20.0. The van der Waals surface area contributed by atoms with Gasteiger partial charge in [0.05, 0.1) is 17.4 Å². The Labute approximate surface area is 239 Å². The number of halogens is 1. The Bertz CT molecular complexity index is 1860. The molecule has 4 N–H and O–H groups in total. The van der Waals surface area contributed by atoms with E-state index in [9.17, 15) is 14.4 Å². The van der Waals surface area contributed by atoms with Crippen LogP contribution in [0.15, 0.2) is 77.7 Å². The summed E-state index contributed by atoms with van der Waals surface area (Å²) < 4.78 is 26.4. The Balaban J connectivity index is 1.40. The number of nitrogens with zero attached hydrogens (tertiary/aromatic N) is 1. The maximum atomic E-state index is 15.3. The lowest BCUT2D eigenvalue weighted by Crippen LogP contribution is -2.27. The van der Waals surface area contributed by atoms with Crippen molar-refractivity contribution in [1.29, 1.82) is 0 Å². The second-order valence-corrected chi connectivity index (χ2v) is 10.6. The molecule has 0 atom stereocenters. The Morgan fingerprint density at radius 2 is 1.71 bits per heavy atom. The third kappa shape index (κ3) is 6.30. The number of aromatic nitrogens is 3. The van der Waals surface area contributed by atoms with E-state index in [1.165, 1.54) is 12.1 Å². The molecule has 2 heterocycles. The van der Waals surface area contributed by atoms with Crippen LogP contribution >= 0.6 is 0 Å². The number of anilines is 2. The van der Waals surface area contributed by atoms with Crippen LogP contribution in [0.3, 0.4) is 0 Å². The van der Waals surface area contributed by atoms with E-state index < -0.39 is 29.0 Å². The zero-order chi connectivity index (χ0) is 30.0. The first-order valence-electron chi connectivity index (χ1n) is 13.0. The molecule has 42 heavy (non-hydrogen) atoms. The van der Waals surface area contributed by atoms with Gasteiger partial charge in [0.2, 0.25) is 0 Å². The summed E-state index contributed by atoms with van der Waals surface area (Å²) in [5.41, 5.74) is 1.30. The van der Waals surface area contributed by atoms with Crippen molar-refractivity contribution in [3.63, 3.8) is 0 Å². The molecule has 0 fully saturated rings. The second kappa shape index (κ2) is 11.2. The van der Waals surface area contributed by atoms with Crippen molar-refractivity contribution < 1.29 is 23.5 Å². The lowest BCUT2D eigenvalue weighted by Gasteiger charge is -2.20. The molecule has 2 aromatic heterocycles. The van der Waals surface area contributed by atoms with Crippen molar-refractivity contribution >= 4 is 34.3 Å². The maximum Gasteiger partial charge on any atom is 0.412 e. The van der Waals surface area contributed by atoms with Crippen LogP contribution in [-0.2, 0) is 4.74 Å². The van der Waals surface area contributed by atoms with Crippen LogP contribution < -0.4 is 20.9 Å². The van der Waals surface area contributed by atoms with Crippen LogP contribution in [0.4, 0.5) is 20.6 Å². The molecule has 0 aliphatic carbocycles. The standard InChI is InChI=1S/C31H28FN5O5/c1-17-12-21(18-8-6-5-7-9-18)27(28(38)34-17)29(39)35-20-10-11-25(22(32)14-20)41-26-13-19-16-33-37-23(19)15-24(26)36-30(40)42-31(2,3)4/h5-16H,1-4H3,(H,33,37)(H,34,38)(H,35,39)(H,36,40). The zero-order valence-corrected chi connectivity index (χ0v) is 23.3. The summed E-state index contributed by atoms with van der Waals surface area (Å²) in [5.74, 6) is -1.51. The number of nitrogens with one attached hydrogen (secondary N) is 4. The van der Waals surface area contributed by atoms with Crippen LogP contribution in [-0.4, -0.2) is 32.8 Å². The number of hydrogen-bond acceptors (Lipinski definition) is 6. The molecule has 214 valence electrons. The lowest BCUT2D eigenvalue weighted by atomic mass is 10.00. The van der Waals surface area contributed by atoms with Gasteiger partial charge in [-0.25, -0.2) is 9.18 Å². The summed E-state index contributed by atoms with van der Waals surface area (Å²) in [6.07, 6.45) is 0.843. The Kier molecular flexibility index (Phi) is 7.49. The second-order valence-electron chi connectivity index (χ2n) is 10.6. The van der Waals surface area contributed by atoms with Crippen molar-refractivity contribution in [2.45, 2.75) is 33.3 Å². The van der Waals surface area contributed by atoms with E-state index >= 15 is 4.39 Å². The van der Waals surface area contributed by atoms with Crippen LogP contribution in [0.5, 0.6) is 11.5 Å². The minimum Gasteiger partial charge on any atom is -0.452 e. The average molecular weight is 570 g/mol. The minimum absolute atomic E-state index is 0.0983. The predicted molar refractivity (Wildman–Crippen MR) is 158 cm³/mol. The van der Waals surface area contributed by atoms with Crippen molar-refractivity contribution in [3.8, 4) is 22.6 Å². The maximum absolute atomic E-state index is 15.3. The largest absolute Gasteiger partial charge is 0.452 e. The van der Waals surface area contributed by atoms with Crippen molar-refractivity contribution in [1.82, 2.24) is 15.2 Å². The van der Waals surface area contributed by atoms with E-state index in [0.29, 0.717) is 27.7 Å². The smallest absolute Gasteiger partial charge is 0.412 e. The lowest BCUT2D eigenvalue weighted by molar-refractivity contribution is 0.0635. The van der Waals surface area contributed by atoms with Gasteiger partial charge >= 0.3 is 6.09 Å². The van der Waals surface area contributed by atoms with E-state index in [-0.39, 0.29) is 28.4 Å². The van der Waals surface area contributed by atoms with Crippen LogP contribution in [0.2, 0.25) is 0 Å². The van der Waals surface area contributed by atoms with Crippen molar-refractivity contribution in [3.05, 3.63) is 100 Å². The molecular weight excluding hydrogens is 541 g/mol. The molecule has 0 unspecified atom stereocenters. The molecule has 5 aromatic rings. The van der Waals surface area contributed by atoms with E-state index in [0.717, 1.165) is 6.07 Å². The van der Waals surface area contributed by atoms with Gasteiger partial charge in [0.15, 0.2) is 17.3 Å². The fraction of sp³-hybridized carbons (Fsp3) is 0.161. The molecule has 0 aliphatic heterocycles. The number of hydrogen-bond donors (Lipinski definition) is 4. The van der Waals surface area contributed by atoms with Crippen molar-refractivity contribution in [2.75, 3.05) is 10.6 Å². The third-order valence-corrected chi connectivity index (χ3v) is 6.07. The molecule has 0 spiro atoms. The van der Waals surface area contributed by atoms with Crippen molar-refractivity contribution in [2.24, 2.45) is 0 Å². The fourth-order valence-corrected chi connectivity index (χ4v) is 4.30. The number of ether oxygens (including phenoxy) is 2. The topological polar surface area (TPSA) is 138 Å². The van der Waals surface area contributed by atoms with Gasteiger partial charge in [0.1, 0.15) is 11.2 Å². The number of amides is 2. The van der Waals surface area contributed by atoms with E-state index in [2.05, 4.69) is 25.8 Å². The number of benzene rings is 3. The number of rotatable bonds is 6. The molecular formula is C31H28FN5O5. The third-order valence-electron chi connectivity index (χ3n) is 6.07. The van der Waals surface area contributed by atoms with Crippen LogP contribution in [0, 0.1) is 12.7 Å². The molecule has 10 nitrogen and oxygen atoms in total. The molecule has 0 aliphatic rings. The average Bonchev–Trinajstić information content (AvgIpc) is 3.36. The Hall–Kier alpha value is -5.45. The highest BCUT2D eigenvalue weighted by molar-refractivity contribution is 6.08. The van der Waals surface area contributed by atoms with Crippen LogP contribution in [0.1, 0.15) is 36.8 Å². The number of H-pyrrole nitrogens is 2. The van der Waals surface area contributed by atoms with Gasteiger partial charge in [-0.1, -0.05) is 30.3 Å². The van der Waals surface area contributed by atoms with E-state index in [4.69, 9.17) is 9.47 Å². The van der Waals surface area contributed by atoms with E-state index in [1.54, 1.807) is 76.4 Å². The molecule has 0 bridgehead atoms. The summed E-state index contributed by atoms with van der Waals surface area (Å²) in [4.78, 5) is 41.1. The number of aromatic amines is 2. The molecule has 3 aromatic carbocycles. The number of pyridine rings is 1. The van der Waals surface area contributed by atoms with Gasteiger partial charge in [-0.2, -0.15) is 5.10 Å². The number of fused-ring (bicyclic) bond motifs is 1. The summed E-state index contributed by atoms with van der Waals surface area (Å²) in [6.45, 7) is 6.92. The summed E-state index contributed by atoms with van der Waals surface area (Å²) >= 11 is 0. The van der Waals surface area contributed by atoms with E-state index in [1.807, 2.05) is 6.07 Å². The van der Waals surface area contributed by atoms with Gasteiger partial charge in [-0.3, -0.25) is 20.0 Å².